The summed E-state index contributed by atoms with van der Waals surface area (Å²) in [6, 6.07) is 8.94. The van der Waals surface area contributed by atoms with Gasteiger partial charge in [0.05, 0.1) is 0 Å². The summed E-state index contributed by atoms with van der Waals surface area (Å²) < 4.78 is 0. The Bertz CT molecular complexity index is 833. The van der Waals surface area contributed by atoms with Gasteiger partial charge in [-0.1, -0.05) is 12.1 Å². The SMILES string of the molecule is O=C(O)c1cccc(-c2n[nH]c(-c3cccc(C(=O)O)n3)n2)n1. The number of carboxylic acids is 2. The smallest absolute Gasteiger partial charge is 0.354 e. The van der Waals surface area contributed by atoms with Gasteiger partial charge in [0.25, 0.3) is 0 Å². The van der Waals surface area contributed by atoms with Crippen molar-refractivity contribution in [3.05, 3.63) is 47.8 Å². The van der Waals surface area contributed by atoms with Crippen molar-refractivity contribution in [1.29, 1.82) is 0 Å². The van der Waals surface area contributed by atoms with Crippen molar-refractivity contribution in [2.45, 2.75) is 0 Å². The predicted octanol–water partition coefficient (Wildman–Crippen LogP) is 1.33. The van der Waals surface area contributed by atoms with Gasteiger partial charge in [0.2, 0.25) is 0 Å². The lowest BCUT2D eigenvalue weighted by molar-refractivity contribution is 0.0680. The van der Waals surface area contributed by atoms with Gasteiger partial charge in [-0.25, -0.2) is 24.5 Å². The molecule has 0 amide bonds. The van der Waals surface area contributed by atoms with Crippen LogP contribution in [0.1, 0.15) is 21.0 Å². The van der Waals surface area contributed by atoms with Crippen LogP contribution in [0, 0.1) is 0 Å². The van der Waals surface area contributed by atoms with Crippen molar-refractivity contribution in [1.82, 2.24) is 25.1 Å². The molecule has 0 atom stereocenters. The molecule has 0 aliphatic rings. The average Bonchev–Trinajstić information content (AvgIpc) is 3.05. The molecule has 114 valence electrons. The molecule has 0 aliphatic carbocycles. The Kier molecular flexibility index (Phi) is 3.51. The second-order valence-corrected chi connectivity index (χ2v) is 4.43. The van der Waals surface area contributed by atoms with Crippen LogP contribution >= 0.6 is 0 Å². The topological polar surface area (TPSA) is 142 Å². The molecule has 3 aromatic rings. The van der Waals surface area contributed by atoms with E-state index in [2.05, 4.69) is 25.1 Å². The van der Waals surface area contributed by atoms with Crippen LogP contribution in [0.2, 0.25) is 0 Å². The largest absolute Gasteiger partial charge is 0.477 e. The molecule has 0 saturated carbocycles. The molecule has 0 radical (unpaired) electrons. The van der Waals surface area contributed by atoms with E-state index in [0.717, 1.165) is 0 Å². The number of nitrogens with zero attached hydrogens (tertiary/aromatic N) is 4. The summed E-state index contributed by atoms with van der Waals surface area (Å²) in [5, 5.41) is 24.5. The highest BCUT2D eigenvalue weighted by molar-refractivity contribution is 5.86. The van der Waals surface area contributed by atoms with Crippen LogP contribution < -0.4 is 0 Å². The van der Waals surface area contributed by atoms with Gasteiger partial charge in [-0.3, -0.25) is 5.10 Å². The average molecular weight is 311 g/mol. The first-order chi connectivity index (χ1) is 11.0. The molecule has 3 N–H and O–H groups in total. The molecule has 0 unspecified atom stereocenters. The van der Waals surface area contributed by atoms with Crippen LogP contribution in [-0.2, 0) is 0 Å². The second kappa shape index (κ2) is 5.64. The molecule has 3 heterocycles. The minimum Gasteiger partial charge on any atom is -0.477 e. The highest BCUT2D eigenvalue weighted by Gasteiger charge is 2.13. The van der Waals surface area contributed by atoms with Gasteiger partial charge >= 0.3 is 11.9 Å². The number of pyridine rings is 2. The van der Waals surface area contributed by atoms with Crippen molar-refractivity contribution in [3.8, 4) is 23.0 Å². The third kappa shape index (κ3) is 2.88. The minimum absolute atomic E-state index is 0.119. The maximum atomic E-state index is 10.9. The fourth-order valence-electron chi connectivity index (χ4n) is 1.85. The van der Waals surface area contributed by atoms with E-state index in [-0.39, 0.29) is 28.7 Å². The third-order valence-corrected chi connectivity index (χ3v) is 2.89. The lowest BCUT2D eigenvalue weighted by Crippen LogP contribution is -2.01. The third-order valence-electron chi connectivity index (χ3n) is 2.89. The van der Waals surface area contributed by atoms with Gasteiger partial charge in [-0.05, 0) is 24.3 Å². The standard InChI is InChI=1S/C14H9N5O4/c20-13(21)9-5-1-3-7(15-9)11-17-12(19-18-11)8-4-2-6-10(16-8)14(22)23/h1-6H,(H,20,21)(H,22,23)(H,17,18,19). The van der Waals surface area contributed by atoms with Crippen LogP contribution in [0.5, 0.6) is 0 Å². The molecular weight excluding hydrogens is 302 g/mol. The van der Waals surface area contributed by atoms with Gasteiger partial charge in [-0.15, -0.1) is 0 Å². The number of hydrogen-bond acceptors (Lipinski definition) is 6. The maximum Gasteiger partial charge on any atom is 0.354 e. The zero-order valence-electron chi connectivity index (χ0n) is 11.5. The summed E-state index contributed by atoms with van der Waals surface area (Å²) in [5.74, 6) is -1.86. The molecule has 23 heavy (non-hydrogen) atoms. The highest BCUT2D eigenvalue weighted by Crippen LogP contribution is 2.17. The fraction of sp³-hybridized carbons (Fsp3) is 0. The summed E-state index contributed by atoms with van der Waals surface area (Å²) in [7, 11) is 0. The van der Waals surface area contributed by atoms with E-state index in [1.165, 1.54) is 24.3 Å². The van der Waals surface area contributed by atoms with Crippen LogP contribution in [0.4, 0.5) is 0 Å². The molecule has 0 aliphatic heterocycles. The van der Waals surface area contributed by atoms with E-state index in [0.29, 0.717) is 5.69 Å². The molecule has 0 spiro atoms. The first-order valence-corrected chi connectivity index (χ1v) is 6.38. The summed E-state index contributed by atoms with van der Waals surface area (Å²) in [6.07, 6.45) is 0. The molecule has 0 saturated heterocycles. The Labute approximate surface area is 128 Å². The zero-order valence-corrected chi connectivity index (χ0v) is 11.5. The number of hydrogen-bond donors (Lipinski definition) is 3. The van der Waals surface area contributed by atoms with E-state index in [4.69, 9.17) is 10.2 Å². The first kappa shape index (κ1) is 14.3. The van der Waals surface area contributed by atoms with E-state index < -0.39 is 11.9 Å². The number of nitrogens with one attached hydrogen (secondary N) is 1. The summed E-state index contributed by atoms with van der Waals surface area (Å²) >= 11 is 0. The molecule has 3 aromatic heterocycles. The monoisotopic (exact) mass is 311 g/mol. The van der Waals surface area contributed by atoms with Gasteiger partial charge in [0.15, 0.2) is 11.6 Å². The lowest BCUT2D eigenvalue weighted by Gasteiger charge is -1.98. The Morgan fingerprint density at radius 2 is 1.39 bits per heavy atom. The molecule has 0 aromatic carbocycles. The Balaban J connectivity index is 1.97. The predicted molar refractivity (Wildman–Crippen MR) is 76.8 cm³/mol. The number of aromatic carboxylic acids is 2. The highest BCUT2D eigenvalue weighted by atomic mass is 16.4. The Morgan fingerprint density at radius 3 is 2.00 bits per heavy atom. The summed E-state index contributed by atoms with van der Waals surface area (Å²) in [6.45, 7) is 0. The van der Waals surface area contributed by atoms with Crippen LogP contribution in [0.25, 0.3) is 23.0 Å². The van der Waals surface area contributed by atoms with E-state index in [9.17, 15) is 9.59 Å². The van der Waals surface area contributed by atoms with Crippen molar-refractivity contribution < 1.29 is 19.8 Å². The number of carboxylic acid groups (broad SMARTS) is 2. The number of carbonyl (C=O) groups is 2. The van der Waals surface area contributed by atoms with Gasteiger partial charge in [0.1, 0.15) is 22.8 Å². The minimum atomic E-state index is -1.15. The lowest BCUT2D eigenvalue weighted by atomic mass is 10.3. The Hall–Kier alpha value is -3.62. The van der Waals surface area contributed by atoms with Crippen molar-refractivity contribution in [2.24, 2.45) is 0 Å². The molecule has 9 heteroatoms. The molecule has 3 rings (SSSR count). The number of aromatic nitrogens is 5. The number of H-pyrrole nitrogens is 1. The zero-order chi connectivity index (χ0) is 16.4. The Morgan fingerprint density at radius 1 is 0.826 bits per heavy atom. The normalized spacial score (nSPS) is 10.4. The van der Waals surface area contributed by atoms with Crippen LogP contribution in [0.15, 0.2) is 36.4 Å². The molecule has 0 bridgehead atoms. The number of rotatable bonds is 4. The van der Waals surface area contributed by atoms with E-state index in [1.807, 2.05) is 0 Å². The van der Waals surface area contributed by atoms with Crippen molar-refractivity contribution in [3.63, 3.8) is 0 Å². The second-order valence-electron chi connectivity index (χ2n) is 4.43. The van der Waals surface area contributed by atoms with Crippen LogP contribution in [-0.4, -0.2) is 47.3 Å². The van der Waals surface area contributed by atoms with Crippen LogP contribution in [0.3, 0.4) is 0 Å². The van der Waals surface area contributed by atoms with E-state index >= 15 is 0 Å². The quantitative estimate of drug-likeness (QED) is 0.655. The number of aromatic amines is 1. The van der Waals surface area contributed by atoms with Gasteiger partial charge < -0.3 is 10.2 Å². The molecule has 9 nitrogen and oxygen atoms in total. The summed E-state index contributed by atoms with van der Waals surface area (Å²) in [4.78, 5) is 33.9. The maximum absolute atomic E-state index is 10.9. The molecular formula is C14H9N5O4. The van der Waals surface area contributed by atoms with Gasteiger partial charge in [0, 0.05) is 0 Å². The van der Waals surface area contributed by atoms with E-state index in [1.54, 1.807) is 12.1 Å². The van der Waals surface area contributed by atoms with Gasteiger partial charge in [-0.2, -0.15) is 5.10 Å². The summed E-state index contributed by atoms with van der Waals surface area (Å²) in [5.41, 5.74) is 0.339. The molecule has 0 fully saturated rings. The van der Waals surface area contributed by atoms with Crippen molar-refractivity contribution in [2.75, 3.05) is 0 Å². The first-order valence-electron chi connectivity index (χ1n) is 6.38. The van der Waals surface area contributed by atoms with Crippen molar-refractivity contribution >= 4 is 11.9 Å². The fourth-order valence-corrected chi connectivity index (χ4v) is 1.85.